The van der Waals surface area contributed by atoms with Crippen LogP contribution >= 0.6 is 11.6 Å². The van der Waals surface area contributed by atoms with E-state index >= 15 is 0 Å². The maximum absolute atomic E-state index is 12.5. The molecule has 1 saturated heterocycles. The van der Waals surface area contributed by atoms with Gasteiger partial charge in [-0.15, -0.1) is 0 Å². The molecule has 1 aliphatic rings. The molecule has 1 heterocycles. The fourth-order valence-electron chi connectivity index (χ4n) is 2.77. The highest BCUT2D eigenvalue weighted by molar-refractivity contribution is 7.93. The van der Waals surface area contributed by atoms with Crippen molar-refractivity contribution in [1.82, 2.24) is 0 Å². The van der Waals surface area contributed by atoms with Crippen LogP contribution in [0.25, 0.3) is 0 Å². The Hall–Kier alpha value is -2.05. The predicted molar refractivity (Wildman–Crippen MR) is 101 cm³/mol. The molecular weight excluding hydrogens is 360 g/mol. The summed E-state index contributed by atoms with van der Waals surface area (Å²) in [5, 5.41) is 3.13. The summed E-state index contributed by atoms with van der Waals surface area (Å²) < 4.78 is 25.5. The summed E-state index contributed by atoms with van der Waals surface area (Å²) in [6.07, 6.45) is 0.593. The van der Waals surface area contributed by atoms with Crippen LogP contribution in [0.1, 0.15) is 27.9 Å². The van der Waals surface area contributed by atoms with Crippen molar-refractivity contribution in [3.8, 4) is 0 Å². The monoisotopic (exact) mass is 378 g/mol. The van der Waals surface area contributed by atoms with Gasteiger partial charge in [-0.05, 0) is 61.7 Å². The Morgan fingerprint density at radius 3 is 2.52 bits per heavy atom. The first kappa shape index (κ1) is 17.8. The van der Waals surface area contributed by atoms with E-state index in [1.165, 1.54) is 4.31 Å². The molecule has 1 amide bonds. The molecule has 5 nitrogen and oxygen atoms in total. The summed E-state index contributed by atoms with van der Waals surface area (Å²) in [4.78, 5) is 12.5. The smallest absolute Gasteiger partial charge is 0.255 e. The van der Waals surface area contributed by atoms with Crippen LogP contribution in [0.5, 0.6) is 0 Å². The van der Waals surface area contributed by atoms with E-state index in [0.717, 1.165) is 11.1 Å². The van der Waals surface area contributed by atoms with Crippen LogP contribution in [0.4, 0.5) is 11.4 Å². The molecule has 2 aromatic carbocycles. The normalized spacial score (nSPS) is 16.0. The molecule has 0 aromatic heterocycles. The molecule has 1 N–H and O–H groups in total. The first-order valence-electron chi connectivity index (χ1n) is 7.96. The van der Waals surface area contributed by atoms with Crippen LogP contribution in [0.2, 0.25) is 5.02 Å². The molecule has 1 fully saturated rings. The molecule has 0 atom stereocenters. The molecule has 7 heteroatoms. The molecule has 3 rings (SSSR count). The van der Waals surface area contributed by atoms with E-state index in [0.29, 0.717) is 34.9 Å². The van der Waals surface area contributed by atoms with Crippen LogP contribution < -0.4 is 9.62 Å². The number of halogens is 1. The molecule has 2 aromatic rings. The van der Waals surface area contributed by atoms with Crippen molar-refractivity contribution in [2.45, 2.75) is 20.3 Å². The molecule has 0 bridgehead atoms. The molecule has 0 saturated carbocycles. The van der Waals surface area contributed by atoms with E-state index in [2.05, 4.69) is 5.32 Å². The number of nitrogens with one attached hydrogen (secondary N) is 1. The number of amides is 1. The topological polar surface area (TPSA) is 66.5 Å². The van der Waals surface area contributed by atoms with Crippen molar-refractivity contribution < 1.29 is 13.2 Å². The van der Waals surface area contributed by atoms with Gasteiger partial charge < -0.3 is 5.32 Å². The number of benzene rings is 2. The number of sulfonamides is 1. The summed E-state index contributed by atoms with van der Waals surface area (Å²) in [6, 6.07) is 10.3. The quantitative estimate of drug-likeness (QED) is 0.884. The van der Waals surface area contributed by atoms with Gasteiger partial charge in [0.15, 0.2) is 0 Å². The zero-order valence-electron chi connectivity index (χ0n) is 14.0. The van der Waals surface area contributed by atoms with Crippen molar-refractivity contribution in [3.63, 3.8) is 0 Å². The van der Waals surface area contributed by atoms with Gasteiger partial charge in [0.25, 0.3) is 5.91 Å². The van der Waals surface area contributed by atoms with Crippen molar-refractivity contribution >= 4 is 38.9 Å². The first-order chi connectivity index (χ1) is 11.8. The van der Waals surface area contributed by atoms with Gasteiger partial charge in [-0.2, -0.15) is 0 Å². The largest absolute Gasteiger partial charge is 0.321 e. The standard InChI is InChI=1S/C18H19ClN2O3S/c1-12-4-5-14(10-13(12)2)18(22)20-17-11-15(6-7-16(17)19)21-8-3-9-25(21,23)24/h4-7,10-11H,3,8-9H2,1-2H3,(H,20,22). The van der Waals surface area contributed by atoms with Gasteiger partial charge in [0.05, 0.1) is 22.2 Å². The first-order valence-corrected chi connectivity index (χ1v) is 9.95. The lowest BCUT2D eigenvalue weighted by Crippen LogP contribution is -2.25. The van der Waals surface area contributed by atoms with Crippen LogP contribution in [-0.4, -0.2) is 26.6 Å². The molecule has 0 radical (unpaired) electrons. The Morgan fingerprint density at radius 2 is 1.88 bits per heavy atom. The van der Waals surface area contributed by atoms with E-state index in [1.807, 2.05) is 26.0 Å². The number of anilines is 2. The minimum absolute atomic E-state index is 0.139. The molecular formula is C18H19ClN2O3S. The minimum atomic E-state index is -3.28. The molecule has 25 heavy (non-hydrogen) atoms. The minimum Gasteiger partial charge on any atom is -0.321 e. The van der Waals surface area contributed by atoms with Gasteiger partial charge in [0.1, 0.15) is 0 Å². The van der Waals surface area contributed by atoms with Crippen LogP contribution in [0, 0.1) is 13.8 Å². The van der Waals surface area contributed by atoms with Gasteiger partial charge in [0.2, 0.25) is 10.0 Å². The van der Waals surface area contributed by atoms with Crippen LogP contribution in [0.15, 0.2) is 36.4 Å². The number of hydrogen-bond donors (Lipinski definition) is 1. The highest BCUT2D eigenvalue weighted by Gasteiger charge is 2.28. The highest BCUT2D eigenvalue weighted by atomic mass is 35.5. The second kappa shape index (κ2) is 6.69. The predicted octanol–water partition coefficient (Wildman–Crippen LogP) is 3.75. The zero-order valence-corrected chi connectivity index (χ0v) is 15.6. The Balaban J connectivity index is 1.88. The highest BCUT2D eigenvalue weighted by Crippen LogP contribution is 2.31. The lowest BCUT2D eigenvalue weighted by Gasteiger charge is -2.18. The SMILES string of the molecule is Cc1ccc(C(=O)Nc2cc(N3CCCS3(=O)=O)ccc2Cl)cc1C. The fraction of sp³-hybridized carbons (Fsp3) is 0.278. The third kappa shape index (κ3) is 3.65. The summed E-state index contributed by atoms with van der Waals surface area (Å²) in [6.45, 7) is 4.36. The number of aryl methyl sites for hydroxylation is 2. The van der Waals surface area contributed by atoms with Crippen molar-refractivity contribution in [1.29, 1.82) is 0 Å². The van der Waals surface area contributed by atoms with Crippen LogP contribution in [-0.2, 0) is 10.0 Å². The molecule has 0 unspecified atom stereocenters. The van der Waals surface area contributed by atoms with E-state index < -0.39 is 10.0 Å². The van der Waals surface area contributed by atoms with Crippen LogP contribution in [0.3, 0.4) is 0 Å². The fourth-order valence-corrected chi connectivity index (χ4v) is 4.49. The summed E-state index contributed by atoms with van der Waals surface area (Å²) in [5.74, 6) is -0.147. The summed E-state index contributed by atoms with van der Waals surface area (Å²) >= 11 is 6.18. The molecule has 132 valence electrons. The summed E-state index contributed by atoms with van der Waals surface area (Å²) in [5.41, 5.74) is 3.56. The van der Waals surface area contributed by atoms with Gasteiger partial charge in [-0.3, -0.25) is 9.10 Å². The van der Waals surface area contributed by atoms with Gasteiger partial charge in [-0.1, -0.05) is 17.7 Å². The lowest BCUT2D eigenvalue weighted by atomic mass is 10.1. The van der Waals surface area contributed by atoms with E-state index in [1.54, 1.807) is 24.3 Å². The number of nitrogens with zero attached hydrogens (tertiary/aromatic N) is 1. The third-order valence-electron chi connectivity index (χ3n) is 4.35. The number of hydrogen-bond acceptors (Lipinski definition) is 3. The maximum Gasteiger partial charge on any atom is 0.255 e. The van der Waals surface area contributed by atoms with Gasteiger partial charge >= 0.3 is 0 Å². The molecule has 0 spiro atoms. The summed E-state index contributed by atoms with van der Waals surface area (Å²) in [7, 11) is -3.28. The van der Waals surface area contributed by atoms with E-state index in [4.69, 9.17) is 11.6 Å². The van der Waals surface area contributed by atoms with Gasteiger partial charge in [-0.25, -0.2) is 8.42 Å². The number of carbonyl (C=O) groups is 1. The van der Waals surface area contributed by atoms with E-state index in [-0.39, 0.29) is 11.7 Å². The second-order valence-corrected chi connectivity index (χ2v) is 8.58. The van der Waals surface area contributed by atoms with Gasteiger partial charge in [0, 0.05) is 12.1 Å². The number of carbonyl (C=O) groups excluding carboxylic acids is 1. The Morgan fingerprint density at radius 1 is 1.12 bits per heavy atom. The third-order valence-corrected chi connectivity index (χ3v) is 6.55. The molecule has 1 aliphatic heterocycles. The van der Waals surface area contributed by atoms with Crippen molar-refractivity contribution in [2.75, 3.05) is 21.9 Å². The van der Waals surface area contributed by atoms with Crippen molar-refractivity contribution in [3.05, 3.63) is 58.1 Å². The maximum atomic E-state index is 12.5. The lowest BCUT2D eigenvalue weighted by molar-refractivity contribution is 0.102. The number of rotatable bonds is 3. The average Bonchev–Trinajstić information content (AvgIpc) is 2.91. The zero-order chi connectivity index (χ0) is 18.2. The average molecular weight is 379 g/mol. The second-order valence-electron chi connectivity index (χ2n) is 6.16. The Bertz CT molecular complexity index is 941. The Kier molecular flexibility index (Phi) is 4.75. The Labute approximate surface area is 152 Å². The molecule has 0 aliphatic carbocycles. The van der Waals surface area contributed by atoms with E-state index in [9.17, 15) is 13.2 Å². The van der Waals surface area contributed by atoms with Crippen molar-refractivity contribution in [2.24, 2.45) is 0 Å².